The lowest BCUT2D eigenvalue weighted by molar-refractivity contribution is 0.241. The Morgan fingerprint density at radius 1 is 1.08 bits per heavy atom. The molecule has 0 aliphatic rings. The van der Waals surface area contributed by atoms with Gasteiger partial charge in [0.1, 0.15) is 0 Å². The number of benzene rings is 2. The first-order valence-corrected chi connectivity index (χ1v) is 9.65. The quantitative estimate of drug-likeness (QED) is 0.773. The maximum absolute atomic E-state index is 12.3. The molecule has 0 radical (unpaired) electrons. The zero-order valence-corrected chi connectivity index (χ0v) is 15.3. The van der Waals surface area contributed by atoms with Gasteiger partial charge in [0.2, 0.25) is 10.0 Å². The molecule has 0 atom stereocenters. The van der Waals surface area contributed by atoms with Crippen LogP contribution in [0.15, 0.2) is 54.6 Å². The number of hydrogen-bond donors (Lipinski definition) is 2. The van der Waals surface area contributed by atoms with E-state index in [1.54, 1.807) is 42.5 Å². The fraction of sp³-hybridized carbons (Fsp3) is 0.235. The highest BCUT2D eigenvalue weighted by Crippen LogP contribution is 2.15. The first kappa shape index (κ1) is 19.1. The van der Waals surface area contributed by atoms with Crippen LogP contribution >= 0.6 is 11.6 Å². The van der Waals surface area contributed by atoms with E-state index >= 15 is 0 Å². The fourth-order valence-corrected chi connectivity index (χ4v) is 3.41. The fourth-order valence-electron chi connectivity index (χ4n) is 2.12. The molecule has 0 unspecified atom stereocenters. The van der Waals surface area contributed by atoms with Crippen LogP contribution < -0.4 is 14.9 Å². The molecule has 2 N–H and O–H groups in total. The lowest BCUT2D eigenvalue weighted by atomic mass is 10.2. The van der Waals surface area contributed by atoms with E-state index in [1.807, 2.05) is 12.1 Å². The van der Waals surface area contributed by atoms with Gasteiger partial charge in [0, 0.05) is 25.2 Å². The second-order valence-electron chi connectivity index (χ2n) is 5.36. The molecule has 0 heterocycles. The highest BCUT2D eigenvalue weighted by molar-refractivity contribution is 7.92. The molecule has 2 amide bonds. The average Bonchev–Trinajstić information content (AvgIpc) is 2.60. The highest BCUT2D eigenvalue weighted by atomic mass is 35.5. The van der Waals surface area contributed by atoms with Gasteiger partial charge < -0.3 is 10.6 Å². The van der Waals surface area contributed by atoms with Gasteiger partial charge in [0.25, 0.3) is 0 Å². The molecule has 0 saturated carbocycles. The summed E-state index contributed by atoms with van der Waals surface area (Å²) in [5.74, 6) is -0.191. The van der Waals surface area contributed by atoms with Gasteiger partial charge in [-0.15, -0.1) is 0 Å². The van der Waals surface area contributed by atoms with E-state index in [1.165, 1.54) is 11.4 Å². The Kier molecular flexibility index (Phi) is 6.66. The molecular formula is C17H20ClN3O3S. The number of carbonyl (C=O) groups is 1. The number of nitrogens with one attached hydrogen (secondary N) is 2. The average molecular weight is 382 g/mol. The predicted octanol–water partition coefficient (Wildman–Crippen LogP) is 2.61. The molecule has 25 heavy (non-hydrogen) atoms. The summed E-state index contributed by atoms with van der Waals surface area (Å²) in [5, 5.41) is 5.79. The summed E-state index contributed by atoms with van der Waals surface area (Å²) in [6.45, 7) is 0.323. The van der Waals surface area contributed by atoms with Gasteiger partial charge in [-0.05, 0) is 29.8 Å². The van der Waals surface area contributed by atoms with Gasteiger partial charge in [-0.25, -0.2) is 13.2 Å². The molecule has 2 aromatic rings. The molecule has 8 heteroatoms. The number of para-hydroxylation sites is 1. The molecule has 0 aromatic heterocycles. The van der Waals surface area contributed by atoms with Crippen molar-refractivity contribution in [3.63, 3.8) is 0 Å². The Bertz CT molecular complexity index is 813. The highest BCUT2D eigenvalue weighted by Gasteiger charge is 2.18. The number of halogens is 1. The van der Waals surface area contributed by atoms with Crippen LogP contribution in [0.1, 0.15) is 5.56 Å². The molecule has 0 aliphatic heterocycles. The van der Waals surface area contributed by atoms with Crippen LogP contribution in [0.4, 0.5) is 10.5 Å². The van der Waals surface area contributed by atoms with Crippen LogP contribution in [0, 0.1) is 0 Å². The van der Waals surface area contributed by atoms with E-state index in [4.69, 9.17) is 11.6 Å². The molecule has 0 spiro atoms. The summed E-state index contributed by atoms with van der Waals surface area (Å²) in [6.07, 6.45) is 0. The van der Waals surface area contributed by atoms with Crippen molar-refractivity contribution in [3.8, 4) is 0 Å². The van der Waals surface area contributed by atoms with E-state index in [9.17, 15) is 13.2 Å². The Hall–Kier alpha value is -2.25. The van der Waals surface area contributed by atoms with Crippen LogP contribution in [0.25, 0.3) is 0 Å². The second kappa shape index (κ2) is 8.73. The van der Waals surface area contributed by atoms with E-state index in [-0.39, 0.29) is 12.3 Å². The third-order valence-corrected chi connectivity index (χ3v) is 5.53. The summed E-state index contributed by atoms with van der Waals surface area (Å²) < 4.78 is 25.7. The maximum Gasteiger partial charge on any atom is 0.315 e. The van der Waals surface area contributed by atoms with E-state index in [2.05, 4.69) is 10.6 Å². The minimum atomic E-state index is -3.51. The topological polar surface area (TPSA) is 78.5 Å². The molecule has 6 nitrogen and oxygen atoms in total. The van der Waals surface area contributed by atoms with Crippen LogP contribution in [0.2, 0.25) is 5.02 Å². The van der Waals surface area contributed by atoms with Gasteiger partial charge in [-0.2, -0.15) is 0 Å². The van der Waals surface area contributed by atoms with Crippen LogP contribution in [-0.4, -0.2) is 33.8 Å². The van der Waals surface area contributed by atoms with Gasteiger partial charge in [0.05, 0.1) is 11.4 Å². The van der Waals surface area contributed by atoms with Gasteiger partial charge >= 0.3 is 6.03 Å². The first-order valence-electron chi connectivity index (χ1n) is 7.66. The SMILES string of the molecule is CN(c1ccccc1)S(=O)(=O)CCNC(=O)NCc1cccc(Cl)c1. The molecule has 0 bridgehead atoms. The molecule has 0 fully saturated rings. The van der Waals surface area contributed by atoms with Crippen LogP contribution in [0.5, 0.6) is 0 Å². The van der Waals surface area contributed by atoms with Gasteiger partial charge in [-0.1, -0.05) is 41.9 Å². The van der Waals surface area contributed by atoms with Crippen molar-refractivity contribution in [3.05, 3.63) is 65.2 Å². The van der Waals surface area contributed by atoms with E-state index < -0.39 is 16.1 Å². The number of rotatable bonds is 7. The third kappa shape index (κ3) is 5.95. The second-order valence-corrected chi connectivity index (χ2v) is 7.91. The van der Waals surface area contributed by atoms with E-state index in [0.717, 1.165) is 5.56 Å². The number of amides is 2. The Balaban J connectivity index is 1.78. The molecule has 0 aliphatic carbocycles. The van der Waals surface area contributed by atoms with Crippen molar-refractivity contribution in [1.29, 1.82) is 0 Å². The monoisotopic (exact) mass is 381 g/mol. The molecule has 2 rings (SSSR count). The number of nitrogens with zero attached hydrogens (tertiary/aromatic N) is 1. The van der Waals surface area contributed by atoms with Crippen LogP contribution in [0.3, 0.4) is 0 Å². The van der Waals surface area contributed by atoms with E-state index in [0.29, 0.717) is 17.3 Å². The summed E-state index contributed by atoms with van der Waals surface area (Å²) >= 11 is 5.87. The lowest BCUT2D eigenvalue weighted by Crippen LogP contribution is -2.40. The number of carbonyl (C=O) groups excluding carboxylic acids is 1. The smallest absolute Gasteiger partial charge is 0.315 e. The number of anilines is 1. The van der Waals surface area contributed by atoms with Gasteiger partial charge in [0.15, 0.2) is 0 Å². The standard InChI is InChI=1S/C17H20ClN3O3S/c1-21(16-8-3-2-4-9-16)25(23,24)11-10-19-17(22)20-13-14-6-5-7-15(18)12-14/h2-9,12H,10-11,13H2,1H3,(H2,19,20,22). The lowest BCUT2D eigenvalue weighted by Gasteiger charge is -2.19. The predicted molar refractivity (Wildman–Crippen MR) is 100 cm³/mol. The first-order chi connectivity index (χ1) is 11.9. The molecular weight excluding hydrogens is 362 g/mol. The summed E-state index contributed by atoms with van der Waals surface area (Å²) in [4.78, 5) is 11.8. The largest absolute Gasteiger partial charge is 0.337 e. The van der Waals surface area contributed by atoms with Crippen molar-refractivity contribution in [2.24, 2.45) is 0 Å². The molecule has 2 aromatic carbocycles. The third-order valence-electron chi connectivity index (χ3n) is 3.52. The molecule has 134 valence electrons. The van der Waals surface area contributed by atoms with Crippen molar-refractivity contribution in [2.45, 2.75) is 6.54 Å². The number of urea groups is 1. The Morgan fingerprint density at radius 3 is 2.48 bits per heavy atom. The van der Waals surface area contributed by atoms with Crippen LogP contribution in [-0.2, 0) is 16.6 Å². The van der Waals surface area contributed by atoms with Crippen molar-refractivity contribution in [2.75, 3.05) is 23.7 Å². The normalized spacial score (nSPS) is 11.0. The van der Waals surface area contributed by atoms with Crippen molar-refractivity contribution >= 4 is 33.3 Å². The Morgan fingerprint density at radius 2 is 1.80 bits per heavy atom. The number of hydrogen-bond acceptors (Lipinski definition) is 3. The maximum atomic E-state index is 12.3. The van der Waals surface area contributed by atoms with Crippen molar-refractivity contribution < 1.29 is 13.2 Å². The van der Waals surface area contributed by atoms with Gasteiger partial charge in [-0.3, -0.25) is 4.31 Å². The molecule has 0 saturated heterocycles. The summed E-state index contributed by atoms with van der Waals surface area (Å²) in [7, 11) is -2.02. The number of sulfonamides is 1. The zero-order valence-electron chi connectivity index (χ0n) is 13.8. The summed E-state index contributed by atoms with van der Waals surface area (Å²) in [6, 6.07) is 15.5. The zero-order chi connectivity index (χ0) is 18.3. The summed E-state index contributed by atoms with van der Waals surface area (Å²) in [5.41, 5.74) is 1.44. The van der Waals surface area contributed by atoms with Crippen molar-refractivity contribution in [1.82, 2.24) is 10.6 Å². The minimum absolute atomic E-state index is 0.0148. The minimum Gasteiger partial charge on any atom is -0.337 e. The Labute approximate surface area is 152 Å².